The number of fused-ring (bicyclic) bond motifs is 5. The normalized spacial score (nSPS) is 41.4. The number of hydrogen-bond acceptors (Lipinski definition) is 7. The maximum atomic E-state index is 11.6. The van der Waals surface area contributed by atoms with E-state index in [9.17, 15) is 19.7 Å². The molecule has 34 heavy (non-hydrogen) atoms. The fraction of sp³-hybridized carbons (Fsp3) is 0.808. The average molecular weight is 475 g/mol. The van der Waals surface area contributed by atoms with E-state index in [1.54, 1.807) is 0 Å². The van der Waals surface area contributed by atoms with Gasteiger partial charge in [-0.25, -0.2) is 4.79 Å². The summed E-state index contributed by atoms with van der Waals surface area (Å²) in [6.45, 7) is 9.24. The lowest BCUT2D eigenvalue weighted by Crippen LogP contribution is -2.51. The van der Waals surface area contributed by atoms with Gasteiger partial charge in [0.15, 0.2) is 0 Å². The second-order valence-corrected chi connectivity index (χ2v) is 11.6. The van der Waals surface area contributed by atoms with Crippen molar-refractivity contribution in [1.82, 2.24) is 0 Å². The summed E-state index contributed by atoms with van der Waals surface area (Å²) in [5, 5.41) is 15.7. The van der Waals surface area contributed by atoms with Crippen molar-refractivity contribution in [3.63, 3.8) is 0 Å². The smallest absolute Gasteiger partial charge is 0.331 e. The van der Waals surface area contributed by atoms with Gasteiger partial charge in [-0.05, 0) is 74.0 Å². The van der Waals surface area contributed by atoms with Crippen LogP contribution in [0.25, 0.3) is 0 Å². The number of hydrogen-bond donors (Lipinski definition) is 0. The summed E-state index contributed by atoms with van der Waals surface area (Å²) in [5.41, 5.74) is 2.12. The first kappa shape index (κ1) is 24.9. The van der Waals surface area contributed by atoms with E-state index in [0.717, 1.165) is 44.9 Å². The highest BCUT2D eigenvalue weighted by molar-refractivity contribution is 5.86. The van der Waals surface area contributed by atoms with Crippen LogP contribution in [0.3, 0.4) is 0 Å². The van der Waals surface area contributed by atoms with Crippen molar-refractivity contribution in [2.24, 2.45) is 45.6 Å². The Bertz CT molecular complexity index is 928. The van der Waals surface area contributed by atoms with E-state index in [1.807, 2.05) is 6.92 Å². The minimum atomic E-state index is -0.476. The minimum Gasteiger partial charge on any atom is -0.462 e. The molecule has 8 heteroatoms. The van der Waals surface area contributed by atoms with Crippen LogP contribution in [-0.4, -0.2) is 35.2 Å². The Hall–Kier alpha value is -2.25. The number of ether oxygens (including phenoxy) is 1. The van der Waals surface area contributed by atoms with Crippen LogP contribution in [-0.2, 0) is 19.2 Å². The number of rotatable bonds is 5. The topological polar surface area (TPSA) is 108 Å². The number of carbonyl (C=O) groups is 2. The van der Waals surface area contributed by atoms with Gasteiger partial charge in [-0.3, -0.25) is 14.9 Å². The average Bonchev–Trinajstić information content (AvgIpc) is 3.03. The Morgan fingerprint density at radius 3 is 2.53 bits per heavy atom. The van der Waals surface area contributed by atoms with Crippen molar-refractivity contribution in [1.29, 1.82) is 0 Å². The molecule has 0 aromatic rings. The van der Waals surface area contributed by atoms with Gasteiger partial charge in [-0.15, -0.1) is 0 Å². The molecule has 0 unspecified atom stereocenters. The lowest BCUT2D eigenvalue weighted by Gasteiger charge is -2.58. The van der Waals surface area contributed by atoms with E-state index in [0.29, 0.717) is 23.5 Å². The summed E-state index contributed by atoms with van der Waals surface area (Å²) in [6.07, 6.45) is 8.93. The van der Waals surface area contributed by atoms with Gasteiger partial charge in [0.2, 0.25) is 6.54 Å². The molecule has 0 spiro atoms. The van der Waals surface area contributed by atoms with Crippen molar-refractivity contribution in [2.45, 2.75) is 85.7 Å². The fourth-order valence-corrected chi connectivity index (χ4v) is 8.52. The maximum absolute atomic E-state index is 11.6. The van der Waals surface area contributed by atoms with Crippen LogP contribution in [0.15, 0.2) is 16.8 Å². The van der Waals surface area contributed by atoms with E-state index >= 15 is 0 Å². The first-order valence-corrected chi connectivity index (χ1v) is 12.7. The lowest BCUT2D eigenvalue weighted by molar-refractivity contribution is -0.489. The molecule has 4 rings (SSSR count). The quantitative estimate of drug-likeness (QED) is 0.139. The molecule has 0 radical (unpaired) electrons. The van der Waals surface area contributed by atoms with Crippen LogP contribution < -0.4 is 0 Å². The molecule has 0 bridgehead atoms. The fourth-order valence-electron chi connectivity index (χ4n) is 8.52. The maximum Gasteiger partial charge on any atom is 0.331 e. The number of allylic oxidation sites excluding steroid dienone is 1. The molecule has 4 aliphatic carbocycles. The van der Waals surface area contributed by atoms with Crippen molar-refractivity contribution >= 4 is 17.7 Å². The van der Waals surface area contributed by atoms with Gasteiger partial charge >= 0.3 is 11.9 Å². The molecular formula is C26H38N2O6. The minimum absolute atomic E-state index is 0.0253. The zero-order chi connectivity index (χ0) is 24.8. The molecule has 0 aromatic carbocycles. The van der Waals surface area contributed by atoms with Gasteiger partial charge in [0.25, 0.3) is 0 Å². The highest BCUT2D eigenvalue weighted by atomic mass is 16.7. The molecule has 3 saturated carbocycles. The Labute approximate surface area is 201 Å². The predicted octanol–water partition coefficient (Wildman–Crippen LogP) is 4.94. The summed E-state index contributed by atoms with van der Waals surface area (Å²) in [6, 6.07) is 0. The molecule has 4 aliphatic rings. The molecule has 188 valence electrons. The van der Waals surface area contributed by atoms with Crippen LogP contribution >= 0.6 is 0 Å². The van der Waals surface area contributed by atoms with E-state index in [-0.39, 0.29) is 46.2 Å². The van der Waals surface area contributed by atoms with Gasteiger partial charge in [-0.1, -0.05) is 30.7 Å². The van der Waals surface area contributed by atoms with E-state index < -0.39 is 5.97 Å². The molecule has 0 N–H and O–H groups in total. The number of nitro groups is 1. The number of oxime groups is 1. The third-order valence-electron chi connectivity index (χ3n) is 9.72. The monoisotopic (exact) mass is 474 g/mol. The Balaban J connectivity index is 1.63. The van der Waals surface area contributed by atoms with Crippen LogP contribution in [0, 0.1) is 50.5 Å². The van der Waals surface area contributed by atoms with Gasteiger partial charge in [0.1, 0.15) is 6.10 Å². The molecule has 0 heterocycles. The SMILES string of the molecule is CC(=O)ON=C(C)[C@@H]1[C@H](C[N+](=O)[O-])C[C@@H]2[C@H]3CC=C4C[C@@H](OC(C)=O)CC[C@]4(C)[C@@H]3CC[C@]21C. The first-order chi connectivity index (χ1) is 16.0. The summed E-state index contributed by atoms with van der Waals surface area (Å²) >= 11 is 0. The van der Waals surface area contributed by atoms with Gasteiger partial charge in [-0.2, -0.15) is 0 Å². The molecular weight excluding hydrogens is 436 g/mol. The molecule has 8 atom stereocenters. The van der Waals surface area contributed by atoms with E-state index in [1.165, 1.54) is 19.4 Å². The summed E-state index contributed by atoms with van der Waals surface area (Å²) in [5.74, 6) is 0.501. The van der Waals surface area contributed by atoms with E-state index in [2.05, 4.69) is 25.1 Å². The Morgan fingerprint density at radius 2 is 1.88 bits per heavy atom. The highest BCUT2D eigenvalue weighted by Crippen LogP contribution is 2.67. The first-order valence-electron chi connectivity index (χ1n) is 12.7. The zero-order valence-electron chi connectivity index (χ0n) is 21.0. The summed E-state index contributed by atoms with van der Waals surface area (Å²) in [7, 11) is 0. The van der Waals surface area contributed by atoms with Crippen LogP contribution in [0.1, 0.15) is 79.6 Å². The molecule has 0 aliphatic heterocycles. The molecule has 3 fully saturated rings. The second-order valence-electron chi connectivity index (χ2n) is 11.6. The molecule has 0 aromatic heterocycles. The number of esters is 1. The largest absolute Gasteiger partial charge is 0.462 e. The zero-order valence-corrected chi connectivity index (χ0v) is 21.0. The Kier molecular flexibility index (Phi) is 6.64. The van der Waals surface area contributed by atoms with E-state index in [4.69, 9.17) is 9.57 Å². The third kappa shape index (κ3) is 4.29. The van der Waals surface area contributed by atoms with Crippen molar-refractivity contribution in [3.8, 4) is 0 Å². The number of carbonyl (C=O) groups excluding carboxylic acids is 2. The van der Waals surface area contributed by atoms with Crippen LogP contribution in [0.2, 0.25) is 0 Å². The van der Waals surface area contributed by atoms with Crippen LogP contribution in [0.4, 0.5) is 0 Å². The standard InChI is InChI=1S/C26H38N2O6/c1-15(27-34-17(3)30)24-18(14-28(31)32)12-23-21-7-6-19-13-20(33-16(2)29)8-10-25(19,4)22(21)9-11-26(23,24)5/h6,18,20-24H,7-14H2,1-5H3/t18-,20-,21-,22+,23+,24+,25-,26+/m0/s1. The summed E-state index contributed by atoms with van der Waals surface area (Å²) < 4.78 is 5.55. The Morgan fingerprint density at radius 1 is 1.15 bits per heavy atom. The molecule has 0 amide bonds. The number of nitrogens with zero attached hydrogens (tertiary/aromatic N) is 2. The van der Waals surface area contributed by atoms with Crippen molar-refractivity contribution in [2.75, 3.05) is 6.54 Å². The van der Waals surface area contributed by atoms with Gasteiger partial charge < -0.3 is 9.57 Å². The van der Waals surface area contributed by atoms with Crippen molar-refractivity contribution < 1.29 is 24.1 Å². The van der Waals surface area contributed by atoms with Gasteiger partial charge in [0.05, 0.1) is 5.71 Å². The predicted molar refractivity (Wildman–Crippen MR) is 126 cm³/mol. The van der Waals surface area contributed by atoms with Crippen molar-refractivity contribution in [3.05, 3.63) is 21.8 Å². The molecule has 8 nitrogen and oxygen atoms in total. The van der Waals surface area contributed by atoms with Gasteiger partial charge in [0, 0.05) is 37.0 Å². The van der Waals surface area contributed by atoms with Crippen LogP contribution in [0.5, 0.6) is 0 Å². The molecule has 0 saturated heterocycles. The third-order valence-corrected chi connectivity index (χ3v) is 9.72. The lowest BCUT2D eigenvalue weighted by atomic mass is 9.47. The highest BCUT2D eigenvalue weighted by Gasteiger charge is 2.62. The summed E-state index contributed by atoms with van der Waals surface area (Å²) in [4.78, 5) is 39.2. The second kappa shape index (κ2) is 9.08.